The number of imide groups is 2. The van der Waals surface area contributed by atoms with Crippen LogP contribution >= 0.6 is 11.3 Å². The average Bonchev–Trinajstić information content (AvgIpc) is 3.17. The first-order valence-corrected chi connectivity index (χ1v) is 9.76. The Bertz CT molecular complexity index is 847. The first-order valence-electron chi connectivity index (χ1n) is 8.95. The molecule has 2 aliphatic rings. The topological polar surface area (TPSA) is 75.0 Å². The van der Waals surface area contributed by atoms with Crippen molar-refractivity contribution < 1.29 is 19.3 Å². The van der Waals surface area contributed by atoms with Crippen molar-refractivity contribution in [1.29, 1.82) is 0 Å². The molecule has 136 valence electrons. The summed E-state index contributed by atoms with van der Waals surface area (Å²) in [6, 6.07) is 7.62. The second-order valence-electron chi connectivity index (χ2n) is 6.79. The number of piperidine rings is 1. The molecule has 4 rings (SSSR count). The van der Waals surface area contributed by atoms with Gasteiger partial charge in [-0.2, -0.15) is 0 Å². The Labute approximate surface area is 155 Å². The number of nitrogens with one attached hydrogen (secondary N) is 1. The van der Waals surface area contributed by atoms with Gasteiger partial charge in [-0.1, -0.05) is 12.1 Å². The number of amides is 4. The maximum atomic E-state index is 12.3. The molecule has 8 heteroatoms. The van der Waals surface area contributed by atoms with Crippen LogP contribution in [0.4, 0.5) is 4.79 Å². The molecule has 2 aromatic rings. The minimum absolute atomic E-state index is 0.226. The third-order valence-corrected chi connectivity index (χ3v) is 6.31. The van der Waals surface area contributed by atoms with Gasteiger partial charge in [-0.05, 0) is 31.9 Å². The number of hydrogen-bond acceptors (Lipinski definition) is 5. The van der Waals surface area contributed by atoms with Crippen LogP contribution in [0.15, 0.2) is 24.3 Å². The van der Waals surface area contributed by atoms with Crippen LogP contribution in [0, 0.1) is 0 Å². The van der Waals surface area contributed by atoms with Crippen molar-refractivity contribution in [3.8, 4) is 0 Å². The highest BCUT2D eigenvalue weighted by atomic mass is 32.1. The van der Waals surface area contributed by atoms with Gasteiger partial charge in [0, 0.05) is 6.54 Å². The summed E-state index contributed by atoms with van der Waals surface area (Å²) >= 11 is 1.72. The number of urea groups is 1. The van der Waals surface area contributed by atoms with Crippen molar-refractivity contribution in [2.75, 3.05) is 26.3 Å². The number of likely N-dealkylation sites (N-methyl/N-ethyl adjacent to an activating group) is 1. The Morgan fingerprint density at radius 1 is 1.19 bits per heavy atom. The predicted molar refractivity (Wildman–Crippen MR) is 96.8 cm³/mol. The number of thiazole rings is 1. The maximum absolute atomic E-state index is 12.3. The molecular formula is C18H21N4O3S+. The fraction of sp³-hybridized carbons (Fsp3) is 0.444. The van der Waals surface area contributed by atoms with E-state index in [1.807, 2.05) is 18.2 Å². The van der Waals surface area contributed by atoms with Crippen LogP contribution in [0.25, 0.3) is 10.2 Å². The number of benzene rings is 1. The van der Waals surface area contributed by atoms with E-state index in [2.05, 4.69) is 6.07 Å². The van der Waals surface area contributed by atoms with Crippen LogP contribution in [-0.2, 0) is 9.59 Å². The molecule has 0 saturated carbocycles. The SMILES string of the molecule is CCN1C(=O)C(=O)N(C[NH+]2CCC[C@H](c3nc4ccccc4s3)C2)C1=O. The molecule has 1 N–H and O–H groups in total. The first kappa shape index (κ1) is 17.1. The molecule has 2 fully saturated rings. The molecule has 0 spiro atoms. The molecule has 3 heterocycles. The van der Waals surface area contributed by atoms with E-state index in [9.17, 15) is 14.4 Å². The van der Waals surface area contributed by atoms with E-state index in [1.54, 1.807) is 18.3 Å². The predicted octanol–water partition coefficient (Wildman–Crippen LogP) is 0.827. The number of carbonyl (C=O) groups excluding carboxylic acids is 3. The number of para-hydroxylation sites is 1. The van der Waals surface area contributed by atoms with Gasteiger partial charge in [-0.3, -0.25) is 14.5 Å². The largest absolute Gasteiger partial charge is 0.338 e. The van der Waals surface area contributed by atoms with Gasteiger partial charge in [0.15, 0.2) is 6.67 Å². The zero-order valence-corrected chi connectivity index (χ0v) is 15.4. The fourth-order valence-electron chi connectivity index (χ4n) is 3.76. The average molecular weight is 373 g/mol. The van der Waals surface area contributed by atoms with Crippen molar-refractivity contribution in [3.05, 3.63) is 29.3 Å². The van der Waals surface area contributed by atoms with Gasteiger partial charge >= 0.3 is 17.8 Å². The summed E-state index contributed by atoms with van der Waals surface area (Å²) in [5, 5.41) is 1.12. The van der Waals surface area contributed by atoms with Gasteiger partial charge in [0.2, 0.25) is 0 Å². The van der Waals surface area contributed by atoms with E-state index < -0.39 is 17.8 Å². The molecule has 1 unspecified atom stereocenters. The molecule has 26 heavy (non-hydrogen) atoms. The Morgan fingerprint density at radius 3 is 2.69 bits per heavy atom. The van der Waals surface area contributed by atoms with Crippen LogP contribution in [0.3, 0.4) is 0 Å². The van der Waals surface area contributed by atoms with Crippen molar-refractivity contribution in [1.82, 2.24) is 14.8 Å². The minimum Gasteiger partial charge on any atom is -0.317 e. The highest BCUT2D eigenvalue weighted by Crippen LogP contribution is 2.30. The number of rotatable bonds is 4. The summed E-state index contributed by atoms with van der Waals surface area (Å²) in [6.07, 6.45) is 2.07. The van der Waals surface area contributed by atoms with E-state index in [-0.39, 0.29) is 13.2 Å². The van der Waals surface area contributed by atoms with E-state index in [0.717, 1.165) is 51.2 Å². The molecular weight excluding hydrogens is 352 g/mol. The molecule has 7 nitrogen and oxygen atoms in total. The molecule has 4 amide bonds. The van der Waals surface area contributed by atoms with Gasteiger partial charge in [0.25, 0.3) is 0 Å². The van der Waals surface area contributed by atoms with E-state index in [1.165, 1.54) is 4.70 Å². The summed E-state index contributed by atoms with van der Waals surface area (Å²) in [7, 11) is 0. The lowest BCUT2D eigenvalue weighted by molar-refractivity contribution is -0.913. The first-order chi connectivity index (χ1) is 12.6. The zero-order valence-electron chi connectivity index (χ0n) is 14.6. The highest BCUT2D eigenvalue weighted by Gasteiger charge is 2.45. The Kier molecular flexibility index (Phi) is 4.46. The highest BCUT2D eigenvalue weighted by molar-refractivity contribution is 7.18. The molecule has 0 bridgehead atoms. The molecule has 0 radical (unpaired) electrons. The lowest BCUT2D eigenvalue weighted by atomic mass is 9.99. The third-order valence-electron chi connectivity index (χ3n) is 5.11. The summed E-state index contributed by atoms with van der Waals surface area (Å²) < 4.78 is 1.18. The summed E-state index contributed by atoms with van der Waals surface area (Å²) in [5.74, 6) is -1.09. The Balaban J connectivity index is 1.48. The van der Waals surface area contributed by atoms with Crippen LogP contribution < -0.4 is 4.90 Å². The van der Waals surface area contributed by atoms with Crippen molar-refractivity contribution in [3.63, 3.8) is 0 Å². The van der Waals surface area contributed by atoms with Crippen molar-refractivity contribution >= 4 is 39.4 Å². The summed E-state index contributed by atoms with van der Waals surface area (Å²) in [4.78, 5) is 44.3. The fourth-order valence-corrected chi connectivity index (χ4v) is 4.86. The van der Waals surface area contributed by atoms with Crippen LogP contribution in [-0.4, -0.2) is 58.9 Å². The molecule has 0 aliphatic carbocycles. The number of aromatic nitrogens is 1. The third kappa shape index (κ3) is 2.89. The van der Waals surface area contributed by atoms with Gasteiger partial charge in [-0.25, -0.2) is 14.7 Å². The number of fused-ring (bicyclic) bond motifs is 1. The van der Waals surface area contributed by atoms with Gasteiger partial charge in [0.05, 0.1) is 29.2 Å². The second-order valence-corrected chi connectivity index (χ2v) is 7.85. The number of quaternary nitrogens is 1. The van der Waals surface area contributed by atoms with Crippen LogP contribution in [0.1, 0.15) is 30.7 Å². The van der Waals surface area contributed by atoms with E-state index >= 15 is 0 Å². The van der Waals surface area contributed by atoms with E-state index in [4.69, 9.17) is 4.98 Å². The Hall–Kier alpha value is -2.32. The second kappa shape index (κ2) is 6.77. The van der Waals surface area contributed by atoms with E-state index in [0.29, 0.717) is 5.92 Å². The van der Waals surface area contributed by atoms with Gasteiger partial charge in [-0.15, -0.1) is 11.3 Å². The van der Waals surface area contributed by atoms with Gasteiger partial charge in [0.1, 0.15) is 5.01 Å². The van der Waals surface area contributed by atoms with Crippen LogP contribution in [0.5, 0.6) is 0 Å². The van der Waals surface area contributed by atoms with Crippen LogP contribution in [0.2, 0.25) is 0 Å². The molecule has 2 atom stereocenters. The normalized spacial score (nSPS) is 24.1. The molecule has 2 aliphatic heterocycles. The number of carbonyl (C=O) groups is 3. The minimum atomic E-state index is -0.711. The monoisotopic (exact) mass is 373 g/mol. The Morgan fingerprint density at radius 2 is 1.96 bits per heavy atom. The summed E-state index contributed by atoms with van der Waals surface area (Å²) in [5.41, 5.74) is 1.02. The van der Waals surface area contributed by atoms with Gasteiger partial charge < -0.3 is 4.90 Å². The number of hydrogen-bond donors (Lipinski definition) is 1. The lowest BCUT2D eigenvalue weighted by Gasteiger charge is -2.30. The zero-order chi connectivity index (χ0) is 18.3. The molecule has 1 aromatic heterocycles. The number of likely N-dealkylation sites (tertiary alicyclic amines) is 1. The maximum Gasteiger partial charge on any atom is 0.338 e. The lowest BCUT2D eigenvalue weighted by Crippen LogP contribution is -3.15. The summed E-state index contributed by atoms with van der Waals surface area (Å²) in [6.45, 7) is 3.88. The smallest absolute Gasteiger partial charge is 0.317 e. The van der Waals surface area contributed by atoms with Crippen molar-refractivity contribution in [2.45, 2.75) is 25.7 Å². The number of nitrogens with zero attached hydrogens (tertiary/aromatic N) is 3. The van der Waals surface area contributed by atoms with Crippen molar-refractivity contribution in [2.24, 2.45) is 0 Å². The molecule has 1 aromatic carbocycles. The quantitative estimate of drug-likeness (QED) is 0.636. The molecule has 2 saturated heterocycles. The standard InChI is InChI=1S/C18H20N4O3S/c1-2-21-16(23)17(24)22(18(21)25)11-20-9-5-6-12(10-20)15-19-13-7-3-4-8-14(13)26-15/h3-4,7-8,12H,2,5-6,9-11H2,1H3/p+1/t12-/m0/s1.